The van der Waals surface area contributed by atoms with Crippen molar-refractivity contribution in [3.63, 3.8) is 0 Å². The lowest BCUT2D eigenvalue weighted by Gasteiger charge is -2.36. The van der Waals surface area contributed by atoms with Crippen LogP contribution in [0.1, 0.15) is 148 Å². The van der Waals surface area contributed by atoms with Gasteiger partial charge in [-0.1, -0.05) is 152 Å². The van der Waals surface area contributed by atoms with Crippen molar-refractivity contribution in [3.8, 4) is 0 Å². The Bertz CT molecular complexity index is 1880. The molecule has 0 bridgehead atoms. The maximum atomic E-state index is 14.3. The molecule has 6 rings (SSSR count). The summed E-state index contributed by atoms with van der Waals surface area (Å²) in [5.74, 6) is -0.645. The first-order chi connectivity index (χ1) is 26.2. The number of carbonyl (C=O) groups is 4. The molecule has 0 aromatic heterocycles. The predicted molar refractivity (Wildman–Crippen MR) is 220 cm³/mol. The van der Waals surface area contributed by atoms with E-state index in [1.165, 1.54) is 0 Å². The molecule has 280 valence electrons. The summed E-state index contributed by atoms with van der Waals surface area (Å²) in [5.41, 5.74) is 5.29. The zero-order valence-electron chi connectivity index (χ0n) is 32.4. The van der Waals surface area contributed by atoms with Gasteiger partial charge in [-0.2, -0.15) is 0 Å². The van der Waals surface area contributed by atoms with Gasteiger partial charge in [0.05, 0.1) is 11.4 Å². The summed E-state index contributed by atoms with van der Waals surface area (Å²) in [6.07, 6.45) is 8.95. The van der Waals surface area contributed by atoms with Crippen LogP contribution in [0.3, 0.4) is 0 Å². The number of anilines is 2. The van der Waals surface area contributed by atoms with Crippen LogP contribution in [0.5, 0.6) is 0 Å². The van der Waals surface area contributed by atoms with Crippen LogP contribution in [0.25, 0.3) is 11.1 Å². The van der Waals surface area contributed by atoms with Crippen molar-refractivity contribution >= 4 is 45.9 Å². The molecule has 0 saturated carbocycles. The number of rotatable bonds is 16. The zero-order valence-corrected chi connectivity index (χ0v) is 32.4. The summed E-state index contributed by atoms with van der Waals surface area (Å²) in [4.78, 5) is 56.7. The fourth-order valence-electron chi connectivity index (χ4n) is 8.40. The molecule has 54 heavy (non-hydrogen) atoms. The molecule has 4 aromatic rings. The fourth-order valence-corrected chi connectivity index (χ4v) is 8.40. The Morgan fingerprint density at radius 1 is 0.444 bits per heavy atom. The van der Waals surface area contributed by atoms with E-state index in [2.05, 4.69) is 62.6 Å². The molecular formula is C48H54N2O4. The number of fused-ring (bicyclic) bond motifs is 2. The third-order valence-corrected chi connectivity index (χ3v) is 11.5. The normalized spacial score (nSPS) is 15.6. The quantitative estimate of drug-likeness (QED) is 0.0889. The molecule has 0 fully saturated rings. The summed E-state index contributed by atoms with van der Waals surface area (Å²) >= 11 is 0. The van der Waals surface area contributed by atoms with E-state index >= 15 is 0 Å². The van der Waals surface area contributed by atoms with Gasteiger partial charge in [-0.15, -0.1) is 0 Å². The molecule has 2 aliphatic rings. The highest BCUT2D eigenvalue weighted by Gasteiger charge is 2.50. The average molecular weight is 723 g/mol. The van der Waals surface area contributed by atoms with Crippen LogP contribution in [0.2, 0.25) is 0 Å². The van der Waals surface area contributed by atoms with Gasteiger partial charge in [-0.05, 0) is 83.3 Å². The summed E-state index contributed by atoms with van der Waals surface area (Å²) < 4.78 is 0. The standard InChI is InChI=1S/C48H54N2O4/c1-5-9-27-47(28-10-6-2)43(51)37-25-23-35(31-39(37)49-45(47)53)42(41(33-19-15-13-16-20-33)34-21-17-14-18-22-34)36-24-26-38-40(32-36)50-46(54)48(44(38)52,29-11-7-3)30-12-8-4/h13-26,31-32H,5-12,27-30H2,1-4H3,(H,49,53)(H,50,54). The van der Waals surface area contributed by atoms with E-state index in [1.54, 1.807) is 0 Å². The summed E-state index contributed by atoms with van der Waals surface area (Å²) in [7, 11) is 0. The second kappa shape index (κ2) is 16.9. The second-order valence-electron chi connectivity index (χ2n) is 15.1. The first-order valence-corrected chi connectivity index (χ1v) is 20.1. The summed E-state index contributed by atoms with van der Waals surface area (Å²) in [6, 6.07) is 31.8. The molecule has 4 aromatic carbocycles. The van der Waals surface area contributed by atoms with Gasteiger partial charge in [-0.3, -0.25) is 19.2 Å². The van der Waals surface area contributed by atoms with Crippen LogP contribution in [-0.2, 0) is 9.59 Å². The maximum absolute atomic E-state index is 14.3. The first kappa shape index (κ1) is 38.6. The van der Waals surface area contributed by atoms with Crippen molar-refractivity contribution in [2.24, 2.45) is 10.8 Å². The van der Waals surface area contributed by atoms with E-state index in [4.69, 9.17) is 0 Å². The molecule has 0 aliphatic carbocycles. The average Bonchev–Trinajstić information content (AvgIpc) is 3.19. The van der Waals surface area contributed by atoms with Gasteiger partial charge in [0, 0.05) is 11.1 Å². The minimum atomic E-state index is -1.06. The van der Waals surface area contributed by atoms with Gasteiger partial charge in [0.15, 0.2) is 11.6 Å². The lowest BCUT2D eigenvalue weighted by Crippen LogP contribution is -2.47. The molecule has 6 heteroatoms. The van der Waals surface area contributed by atoms with Crippen molar-refractivity contribution in [1.82, 2.24) is 0 Å². The lowest BCUT2D eigenvalue weighted by atomic mass is 9.69. The molecule has 2 aliphatic heterocycles. The van der Waals surface area contributed by atoms with Crippen LogP contribution >= 0.6 is 0 Å². The number of hydrogen-bond acceptors (Lipinski definition) is 4. The molecular weight excluding hydrogens is 669 g/mol. The van der Waals surface area contributed by atoms with Crippen molar-refractivity contribution in [3.05, 3.63) is 130 Å². The minimum absolute atomic E-state index is 0.101. The number of benzene rings is 4. The Morgan fingerprint density at radius 2 is 0.778 bits per heavy atom. The zero-order chi connectivity index (χ0) is 38.3. The Morgan fingerprint density at radius 3 is 1.11 bits per heavy atom. The molecule has 0 atom stereocenters. The van der Waals surface area contributed by atoms with Crippen molar-refractivity contribution in [2.45, 2.75) is 105 Å². The highest BCUT2D eigenvalue weighted by molar-refractivity contribution is 6.25. The molecule has 2 heterocycles. The monoisotopic (exact) mass is 722 g/mol. The highest BCUT2D eigenvalue weighted by Crippen LogP contribution is 2.46. The number of Topliss-reactive ketones (excluding diaryl/α,β-unsaturated/α-hetero) is 2. The van der Waals surface area contributed by atoms with Crippen molar-refractivity contribution < 1.29 is 19.2 Å². The van der Waals surface area contributed by atoms with Crippen molar-refractivity contribution in [1.29, 1.82) is 0 Å². The molecule has 2 N–H and O–H groups in total. The van der Waals surface area contributed by atoms with Crippen molar-refractivity contribution in [2.75, 3.05) is 10.6 Å². The van der Waals surface area contributed by atoms with Gasteiger partial charge in [0.25, 0.3) is 0 Å². The Labute approximate surface area is 320 Å². The van der Waals surface area contributed by atoms with Crippen LogP contribution in [0, 0.1) is 10.8 Å². The molecule has 0 radical (unpaired) electrons. The molecule has 0 saturated heterocycles. The predicted octanol–water partition coefficient (Wildman–Crippen LogP) is 11.7. The summed E-state index contributed by atoms with van der Waals surface area (Å²) in [5, 5.41) is 6.37. The Hall–Kier alpha value is -5.10. The number of hydrogen-bond donors (Lipinski definition) is 2. The molecule has 6 nitrogen and oxygen atoms in total. The van der Waals surface area contributed by atoms with E-state index in [9.17, 15) is 19.2 Å². The fraction of sp³-hybridized carbons (Fsp3) is 0.375. The van der Waals surface area contributed by atoms with Gasteiger partial charge in [0.2, 0.25) is 11.8 Å². The van der Waals surface area contributed by atoms with Crippen LogP contribution in [0.15, 0.2) is 97.1 Å². The topological polar surface area (TPSA) is 92.3 Å². The molecule has 0 spiro atoms. The number of nitrogens with one attached hydrogen (secondary N) is 2. The van der Waals surface area contributed by atoms with Crippen LogP contribution < -0.4 is 10.6 Å². The molecule has 2 amide bonds. The van der Waals surface area contributed by atoms with Gasteiger partial charge in [-0.25, -0.2) is 0 Å². The van der Waals surface area contributed by atoms with E-state index < -0.39 is 10.8 Å². The lowest BCUT2D eigenvalue weighted by molar-refractivity contribution is -0.125. The smallest absolute Gasteiger partial charge is 0.238 e. The van der Waals surface area contributed by atoms with E-state index in [-0.39, 0.29) is 23.4 Å². The van der Waals surface area contributed by atoms with E-state index in [0.717, 1.165) is 84.8 Å². The van der Waals surface area contributed by atoms with Gasteiger partial charge >= 0.3 is 0 Å². The number of amides is 2. The van der Waals surface area contributed by atoms with Crippen LogP contribution in [0.4, 0.5) is 11.4 Å². The Balaban J connectivity index is 1.55. The number of unbranched alkanes of at least 4 members (excludes halogenated alkanes) is 4. The maximum Gasteiger partial charge on any atom is 0.238 e. The SMILES string of the molecule is CCCCC1(CCCC)C(=O)Nc2cc(C(=C(c3ccccc3)c3ccccc3)c3ccc4c(c3)NC(=O)C(CCCC)(CCCC)C4=O)ccc2C1=O. The third-order valence-electron chi connectivity index (χ3n) is 11.5. The summed E-state index contributed by atoms with van der Waals surface area (Å²) in [6.45, 7) is 8.34. The third kappa shape index (κ3) is 7.23. The first-order valence-electron chi connectivity index (χ1n) is 20.1. The number of carbonyl (C=O) groups excluding carboxylic acids is 4. The minimum Gasteiger partial charge on any atom is -0.325 e. The molecule has 0 unspecified atom stereocenters. The highest BCUT2D eigenvalue weighted by atomic mass is 16.2. The van der Waals surface area contributed by atoms with Gasteiger partial charge in [0.1, 0.15) is 10.8 Å². The second-order valence-corrected chi connectivity index (χ2v) is 15.1. The van der Waals surface area contributed by atoms with E-state index in [0.29, 0.717) is 48.2 Å². The van der Waals surface area contributed by atoms with E-state index in [1.807, 2.05) is 72.8 Å². The number of ketones is 2. The largest absolute Gasteiger partial charge is 0.325 e. The Kier molecular flexibility index (Phi) is 12.1. The van der Waals surface area contributed by atoms with Gasteiger partial charge < -0.3 is 10.6 Å². The van der Waals surface area contributed by atoms with Crippen LogP contribution in [-0.4, -0.2) is 23.4 Å².